The Morgan fingerprint density at radius 3 is 2.43 bits per heavy atom. The molecule has 0 unspecified atom stereocenters. The molecule has 2 radical (unpaired) electrons. The van der Waals surface area contributed by atoms with Gasteiger partial charge in [0, 0.05) is 37.3 Å². The molecule has 0 amide bonds. The van der Waals surface area contributed by atoms with Gasteiger partial charge in [-0.25, -0.2) is 0 Å². The molecule has 124 valence electrons. The molecule has 2 heterocycles. The third-order valence-electron chi connectivity index (χ3n) is 6.04. The third kappa shape index (κ3) is 3.65. The highest BCUT2D eigenvalue weighted by molar-refractivity contribution is 6.32. The van der Waals surface area contributed by atoms with Crippen molar-refractivity contribution in [1.29, 1.82) is 0 Å². The number of nitrogens with zero attached hydrogens (tertiary/aromatic N) is 2. The summed E-state index contributed by atoms with van der Waals surface area (Å²) in [5, 5.41) is 3.50. The summed E-state index contributed by atoms with van der Waals surface area (Å²) in [6.07, 6.45) is 2.54. The Bertz CT molecular complexity index is 510. The van der Waals surface area contributed by atoms with E-state index in [1.54, 1.807) is 0 Å². The predicted octanol–water partition coefficient (Wildman–Crippen LogP) is 1.69. The van der Waals surface area contributed by atoms with Crippen LogP contribution in [-0.2, 0) is 0 Å². The van der Waals surface area contributed by atoms with Gasteiger partial charge in [-0.2, -0.15) is 0 Å². The normalized spacial score (nSPS) is 27.7. The molecular weight excluding hydrogens is 281 g/mol. The van der Waals surface area contributed by atoms with Crippen LogP contribution in [0.15, 0.2) is 24.3 Å². The maximum absolute atomic E-state index is 5.82. The third-order valence-corrected chi connectivity index (χ3v) is 6.04. The molecule has 1 N–H and O–H groups in total. The van der Waals surface area contributed by atoms with Crippen molar-refractivity contribution in [3.63, 3.8) is 0 Å². The summed E-state index contributed by atoms with van der Waals surface area (Å²) in [4.78, 5) is 5.39. The molecule has 3 nitrogen and oxygen atoms in total. The van der Waals surface area contributed by atoms with Crippen molar-refractivity contribution in [1.82, 2.24) is 15.1 Å². The molecular formula is C19H30BN3. The molecule has 2 fully saturated rings. The quantitative estimate of drug-likeness (QED) is 0.857. The summed E-state index contributed by atoms with van der Waals surface area (Å²) in [6.45, 7) is 13.0. The van der Waals surface area contributed by atoms with Crippen LogP contribution >= 0.6 is 0 Å². The molecule has 2 saturated heterocycles. The van der Waals surface area contributed by atoms with Crippen LogP contribution in [0.5, 0.6) is 0 Å². The highest BCUT2D eigenvalue weighted by Crippen LogP contribution is 2.31. The maximum Gasteiger partial charge on any atom is 0.113 e. The van der Waals surface area contributed by atoms with Gasteiger partial charge in [0.25, 0.3) is 0 Å². The Balaban J connectivity index is 1.65. The lowest BCUT2D eigenvalue weighted by atomic mass is 9.87. The number of piperidine rings is 1. The van der Waals surface area contributed by atoms with Crippen LogP contribution in [0.2, 0.25) is 0 Å². The number of nitrogens with one attached hydrogen (secondary N) is 1. The average Bonchev–Trinajstić information content (AvgIpc) is 2.55. The van der Waals surface area contributed by atoms with Gasteiger partial charge in [0.15, 0.2) is 0 Å². The SMILES string of the molecule is [B]c1ccc([C@H](C)N2CCN(C3(C)CCNCC3)C[C@@H]2C)cc1. The molecule has 1 aromatic carbocycles. The second-order valence-corrected chi connectivity index (χ2v) is 7.62. The van der Waals surface area contributed by atoms with Crippen molar-refractivity contribution < 1.29 is 0 Å². The predicted molar refractivity (Wildman–Crippen MR) is 98.5 cm³/mol. The summed E-state index contributed by atoms with van der Waals surface area (Å²) >= 11 is 0. The van der Waals surface area contributed by atoms with E-state index in [9.17, 15) is 0 Å². The molecule has 3 rings (SSSR count). The topological polar surface area (TPSA) is 18.5 Å². The van der Waals surface area contributed by atoms with Crippen molar-refractivity contribution in [2.45, 2.75) is 51.2 Å². The van der Waals surface area contributed by atoms with Gasteiger partial charge in [-0.1, -0.05) is 29.7 Å². The summed E-state index contributed by atoms with van der Waals surface area (Å²) in [6, 6.07) is 9.42. The van der Waals surface area contributed by atoms with Gasteiger partial charge < -0.3 is 5.32 Å². The van der Waals surface area contributed by atoms with E-state index in [1.807, 2.05) is 12.1 Å². The van der Waals surface area contributed by atoms with E-state index in [0.717, 1.165) is 25.1 Å². The first-order chi connectivity index (χ1) is 11.0. The molecule has 0 bridgehead atoms. The molecule has 0 saturated carbocycles. The lowest BCUT2D eigenvalue weighted by Crippen LogP contribution is -2.61. The summed E-state index contributed by atoms with van der Waals surface area (Å²) < 4.78 is 0. The van der Waals surface area contributed by atoms with Crippen molar-refractivity contribution in [3.8, 4) is 0 Å². The molecule has 0 aliphatic carbocycles. The van der Waals surface area contributed by atoms with Crippen LogP contribution in [-0.4, -0.2) is 62.0 Å². The number of rotatable bonds is 3. The van der Waals surface area contributed by atoms with E-state index < -0.39 is 0 Å². The maximum atomic E-state index is 5.82. The van der Waals surface area contributed by atoms with Gasteiger partial charge in [0.1, 0.15) is 7.85 Å². The van der Waals surface area contributed by atoms with Crippen molar-refractivity contribution in [2.75, 3.05) is 32.7 Å². The number of hydrogen-bond acceptors (Lipinski definition) is 3. The zero-order chi connectivity index (χ0) is 16.4. The Kier molecular flexibility index (Phi) is 5.15. The molecule has 1 aromatic rings. The highest BCUT2D eigenvalue weighted by Gasteiger charge is 2.38. The summed E-state index contributed by atoms with van der Waals surface area (Å²) in [5.74, 6) is 0. The minimum absolute atomic E-state index is 0.385. The second kappa shape index (κ2) is 6.96. The van der Waals surface area contributed by atoms with Crippen LogP contribution in [0.3, 0.4) is 0 Å². The zero-order valence-corrected chi connectivity index (χ0v) is 14.9. The van der Waals surface area contributed by atoms with Crippen LogP contribution < -0.4 is 10.8 Å². The molecule has 2 aliphatic rings. The van der Waals surface area contributed by atoms with Crippen molar-refractivity contribution in [3.05, 3.63) is 29.8 Å². The lowest BCUT2D eigenvalue weighted by Gasteiger charge is -2.51. The van der Waals surface area contributed by atoms with E-state index in [-0.39, 0.29) is 0 Å². The van der Waals surface area contributed by atoms with E-state index in [4.69, 9.17) is 7.85 Å². The molecule has 0 aromatic heterocycles. The Morgan fingerprint density at radius 1 is 1.17 bits per heavy atom. The highest BCUT2D eigenvalue weighted by atomic mass is 15.3. The van der Waals surface area contributed by atoms with Crippen LogP contribution in [0, 0.1) is 0 Å². The minimum Gasteiger partial charge on any atom is -0.317 e. The second-order valence-electron chi connectivity index (χ2n) is 7.62. The fraction of sp³-hybridized carbons (Fsp3) is 0.684. The fourth-order valence-corrected chi connectivity index (χ4v) is 4.28. The summed E-state index contributed by atoms with van der Waals surface area (Å²) in [7, 11) is 5.82. The Morgan fingerprint density at radius 2 is 1.83 bits per heavy atom. The zero-order valence-electron chi connectivity index (χ0n) is 14.9. The lowest BCUT2D eigenvalue weighted by molar-refractivity contribution is -0.0158. The van der Waals surface area contributed by atoms with E-state index >= 15 is 0 Å². The van der Waals surface area contributed by atoms with Gasteiger partial charge >= 0.3 is 0 Å². The van der Waals surface area contributed by atoms with E-state index in [1.165, 1.54) is 31.5 Å². The Labute approximate surface area is 142 Å². The van der Waals surface area contributed by atoms with E-state index in [0.29, 0.717) is 17.6 Å². The van der Waals surface area contributed by atoms with Gasteiger partial charge in [0.05, 0.1) is 0 Å². The summed E-state index contributed by atoms with van der Waals surface area (Å²) in [5.41, 5.74) is 2.60. The monoisotopic (exact) mass is 311 g/mol. The average molecular weight is 311 g/mol. The number of piperazine rings is 1. The molecule has 4 heteroatoms. The number of hydrogen-bond donors (Lipinski definition) is 1. The van der Waals surface area contributed by atoms with Gasteiger partial charge in [-0.3, -0.25) is 9.80 Å². The largest absolute Gasteiger partial charge is 0.317 e. The molecule has 2 atom stereocenters. The minimum atomic E-state index is 0.385. The Hall–Kier alpha value is -0.835. The van der Waals surface area contributed by atoms with Crippen LogP contribution in [0.1, 0.15) is 45.2 Å². The van der Waals surface area contributed by atoms with Gasteiger partial charge in [-0.05, 0) is 52.3 Å². The number of benzene rings is 1. The van der Waals surface area contributed by atoms with Crippen LogP contribution in [0.4, 0.5) is 0 Å². The fourth-order valence-electron chi connectivity index (χ4n) is 4.28. The molecule has 0 spiro atoms. The molecule has 2 aliphatic heterocycles. The van der Waals surface area contributed by atoms with E-state index in [2.05, 4.69) is 48.0 Å². The first-order valence-corrected chi connectivity index (χ1v) is 9.06. The first kappa shape index (κ1) is 17.0. The van der Waals surface area contributed by atoms with Gasteiger partial charge in [0.2, 0.25) is 0 Å². The smallest absolute Gasteiger partial charge is 0.113 e. The first-order valence-electron chi connectivity index (χ1n) is 9.06. The van der Waals surface area contributed by atoms with Crippen molar-refractivity contribution >= 4 is 13.3 Å². The van der Waals surface area contributed by atoms with Crippen LogP contribution in [0.25, 0.3) is 0 Å². The van der Waals surface area contributed by atoms with Gasteiger partial charge in [-0.15, -0.1) is 0 Å². The van der Waals surface area contributed by atoms with Crippen molar-refractivity contribution in [2.24, 2.45) is 0 Å². The standard InChI is InChI=1S/C19H30BN3/c1-15-14-22(19(3)8-10-21-11-9-19)12-13-23(15)16(2)17-4-6-18(20)7-5-17/h4-7,15-16,21H,8-14H2,1-3H3/t15-,16-/m0/s1. The molecule has 23 heavy (non-hydrogen) atoms.